The Morgan fingerprint density at radius 2 is 1.90 bits per heavy atom. The van der Waals surface area contributed by atoms with Crippen molar-refractivity contribution < 1.29 is 27.5 Å². The number of carbonyl (C=O) groups excluding carboxylic acids is 2. The van der Waals surface area contributed by atoms with Crippen molar-refractivity contribution in [2.24, 2.45) is 9.98 Å². The van der Waals surface area contributed by atoms with Crippen molar-refractivity contribution in [2.45, 2.75) is 13.1 Å². The van der Waals surface area contributed by atoms with E-state index in [4.69, 9.17) is 11.6 Å². The first-order valence-corrected chi connectivity index (χ1v) is 9.40. The van der Waals surface area contributed by atoms with Gasteiger partial charge in [0.05, 0.1) is 30.1 Å². The van der Waals surface area contributed by atoms with Crippen LogP contribution in [0.1, 0.15) is 23.6 Å². The molecule has 3 rings (SSSR count). The average Bonchev–Trinajstić information content (AvgIpc) is 2.86. The highest BCUT2D eigenvalue weighted by atomic mass is 35.5. The van der Waals surface area contributed by atoms with E-state index < -0.39 is 23.9 Å². The molecule has 31 heavy (non-hydrogen) atoms. The molecule has 0 saturated heterocycles. The third kappa shape index (κ3) is 5.40. The lowest BCUT2D eigenvalue weighted by molar-refractivity contribution is -0.137. The Morgan fingerprint density at radius 3 is 2.58 bits per heavy atom. The summed E-state index contributed by atoms with van der Waals surface area (Å²) in [4.78, 5) is 31.9. The lowest BCUT2D eigenvalue weighted by atomic mass is 9.98. The molecular formula is C20H16ClF3N4O3. The molecule has 11 heteroatoms. The van der Waals surface area contributed by atoms with Gasteiger partial charge in [0.2, 0.25) is 0 Å². The molecule has 0 radical (unpaired) electrons. The molecule has 0 atom stereocenters. The van der Waals surface area contributed by atoms with E-state index in [1.165, 1.54) is 6.07 Å². The Kier molecular flexibility index (Phi) is 6.59. The number of alkyl carbamates (subject to hydrolysis) is 1. The normalized spacial score (nSPS) is 13.3. The number of hydrogen-bond acceptors (Lipinski definition) is 5. The van der Waals surface area contributed by atoms with E-state index in [-0.39, 0.29) is 35.9 Å². The van der Waals surface area contributed by atoms with Crippen molar-refractivity contribution in [1.82, 2.24) is 10.6 Å². The maximum Gasteiger partial charge on any atom is 0.416 e. The van der Waals surface area contributed by atoms with Gasteiger partial charge in [0.25, 0.3) is 0 Å². The Morgan fingerprint density at radius 1 is 1.16 bits per heavy atom. The maximum absolute atomic E-state index is 13.3. The van der Waals surface area contributed by atoms with Crippen LogP contribution in [-0.2, 0) is 10.9 Å². The monoisotopic (exact) mass is 452 g/mol. The van der Waals surface area contributed by atoms with Crippen molar-refractivity contribution in [3.05, 3.63) is 64.2 Å². The Labute approximate surface area is 180 Å². The van der Waals surface area contributed by atoms with Crippen LogP contribution in [0.4, 0.5) is 28.4 Å². The number of fused-ring (bicyclic) bond motifs is 1. The summed E-state index contributed by atoms with van der Waals surface area (Å²) in [6, 6.07) is 8.65. The summed E-state index contributed by atoms with van der Waals surface area (Å²) in [5.74, 6) is 0.0184. The Balaban J connectivity index is 2.01. The fraction of sp³-hybridized carbons (Fsp3) is 0.200. The van der Waals surface area contributed by atoms with Crippen LogP contribution in [0.15, 0.2) is 52.4 Å². The van der Waals surface area contributed by atoms with Gasteiger partial charge in [0, 0.05) is 16.1 Å². The number of rotatable bonds is 2. The molecule has 0 fully saturated rings. The van der Waals surface area contributed by atoms with Crippen LogP contribution < -0.4 is 10.6 Å². The van der Waals surface area contributed by atoms with E-state index in [9.17, 15) is 22.8 Å². The van der Waals surface area contributed by atoms with Gasteiger partial charge >= 0.3 is 18.3 Å². The molecule has 0 aromatic heterocycles. The zero-order chi connectivity index (χ0) is 22.6. The highest BCUT2D eigenvalue weighted by Crippen LogP contribution is 2.35. The minimum Gasteiger partial charge on any atom is -0.450 e. The van der Waals surface area contributed by atoms with Crippen molar-refractivity contribution >= 4 is 41.0 Å². The second kappa shape index (κ2) is 9.17. The summed E-state index contributed by atoms with van der Waals surface area (Å²) in [7, 11) is 0. The van der Waals surface area contributed by atoms with E-state index in [1.807, 2.05) is 5.32 Å². The van der Waals surface area contributed by atoms with Crippen LogP contribution in [-0.4, -0.2) is 36.8 Å². The van der Waals surface area contributed by atoms with Gasteiger partial charge in [-0.2, -0.15) is 13.2 Å². The van der Waals surface area contributed by atoms with Gasteiger partial charge in [0.1, 0.15) is 5.84 Å². The molecule has 162 valence electrons. The first kappa shape index (κ1) is 22.3. The molecular weight excluding hydrogens is 437 g/mol. The number of nitrogens with zero attached hydrogens (tertiary/aromatic N) is 2. The molecule has 0 bridgehead atoms. The van der Waals surface area contributed by atoms with Gasteiger partial charge in [0.15, 0.2) is 0 Å². The number of nitrogens with one attached hydrogen (secondary N) is 2. The lowest BCUT2D eigenvalue weighted by Crippen LogP contribution is -2.43. The first-order chi connectivity index (χ1) is 14.7. The predicted molar refractivity (Wildman–Crippen MR) is 109 cm³/mol. The number of benzene rings is 2. The van der Waals surface area contributed by atoms with Gasteiger partial charge in [-0.25, -0.2) is 19.9 Å². The average molecular weight is 453 g/mol. The SMILES string of the molecule is CCOC(=O)NC(=O)NC1=Nc2ccc(C(F)(F)F)cc2C(c2ccccc2Cl)=NC1. The van der Waals surface area contributed by atoms with Gasteiger partial charge in [-0.1, -0.05) is 29.8 Å². The van der Waals surface area contributed by atoms with Crippen LogP contribution >= 0.6 is 11.6 Å². The number of amides is 3. The Hall–Kier alpha value is -3.40. The topological polar surface area (TPSA) is 92.1 Å². The Bertz CT molecular complexity index is 1080. The van der Waals surface area contributed by atoms with E-state index in [2.05, 4.69) is 20.0 Å². The van der Waals surface area contributed by atoms with E-state index >= 15 is 0 Å². The van der Waals surface area contributed by atoms with Crippen LogP contribution in [0.3, 0.4) is 0 Å². The zero-order valence-electron chi connectivity index (χ0n) is 16.1. The van der Waals surface area contributed by atoms with E-state index in [0.29, 0.717) is 10.6 Å². The summed E-state index contributed by atoms with van der Waals surface area (Å²) >= 11 is 6.24. The number of amidine groups is 1. The number of alkyl halides is 3. The highest BCUT2D eigenvalue weighted by molar-refractivity contribution is 6.36. The summed E-state index contributed by atoms with van der Waals surface area (Å²) in [5.41, 5.74) is -0.0194. The second-order valence-electron chi connectivity index (χ2n) is 6.23. The molecule has 0 aliphatic carbocycles. The molecule has 2 N–H and O–H groups in total. The third-order valence-corrected chi connectivity index (χ3v) is 4.43. The molecule has 3 amide bonds. The fourth-order valence-corrected chi connectivity index (χ4v) is 3.02. The standard InChI is InChI=1S/C20H16ClF3N4O3/c1-2-31-19(30)28-18(29)27-16-10-25-17(12-5-3-4-6-14(12)21)13-9-11(20(22,23)24)7-8-15(13)26-16/h3-9H,2,10H2,1H3,(H2,26,27,28,29,30). The number of urea groups is 1. The van der Waals surface area contributed by atoms with Crippen LogP contribution in [0.5, 0.6) is 0 Å². The van der Waals surface area contributed by atoms with E-state index in [0.717, 1.165) is 12.1 Å². The number of aliphatic imine (C=N–C) groups is 2. The maximum atomic E-state index is 13.3. The molecule has 0 unspecified atom stereocenters. The largest absolute Gasteiger partial charge is 0.450 e. The molecule has 0 saturated carbocycles. The van der Waals surface area contributed by atoms with Gasteiger partial charge in [-0.3, -0.25) is 10.3 Å². The number of halogens is 4. The zero-order valence-corrected chi connectivity index (χ0v) is 16.8. The quantitative estimate of drug-likeness (QED) is 0.692. The van der Waals surface area contributed by atoms with Gasteiger partial charge in [-0.05, 0) is 31.2 Å². The number of ether oxygens (including phenoxy) is 1. The summed E-state index contributed by atoms with van der Waals surface area (Å²) in [6.07, 6.45) is -5.53. The van der Waals surface area contributed by atoms with Crippen molar-refractivity contribution in [3.63, 3.8) is 0 Å². The van der Waals surface area contributed by atoms with Crippen molar-refractivity contribution in [3.8, 4) is 0 Å². The van der Waals surface area contributed by atoms with Crippen LogP contribution in [0.25, 0.3) is 0 Å². The molecule has 2 aromatic carbocycles. The van der Waals surface area contributed by atoms with Crippen molar-refractivity contribution in [1.29, 1.82) is 0 Å². The number of hydrogen-bond donors (Lipinski definition) is 2. The fourth-order valence-electron chi connectivity index (χ4n) is 2.79. The van der Waals surface area contributed by atoms with Gasteiger partial charge in [-0.15, -0.1) is 0 Å². The smallest absolute Gasteiger partial charge is 0.416 e. The minimum absolute atomic E-state index is 0.0184. The third-order valence-electron chi connectivity index (χ3n) is 4.10. The molecule has 0 spiro atoms. The molecule has 2 aromatic rings. The first-order valence-electron chi connectivity index (χ1n) is 9.02. The predicted octanol–water partition coefficient (Wildman–Crippen LogP) is 4.70. The minimum atomic E-state index is -4.57. The number of carbonyl (C=O) groups is 2. The van der Waals surface area contributed by atoms with E-state index in [1.54, 1.807) is 31.2 Å². The van der Waals surface area contributed by atoms with Gasteiger partial charge < -0.3 is 4.74 Å². The van der Waals surface area contributed by atoms with Crippen LogP contribution in [0.2, 0.25) is 5.02 Å². The second-order valence-corrected chi connectivity index (χ2v) is 6.64. The van der Waals surface area contributed by atoms with Crippen LogP contribution in [0, 0.1) is 0 Å². The molecule has 1 heterocycles. The lowest BCUT2D eigenvalue weighted by Gasteiger charge is -2.13. The molecule has 7 nitrogen and oxygen atoms in total. The van der Waals surface area contributed by atoms with Crippen molar-refractivity contribution in [2.75, 3.05) is 13.2 Å². The highest BCUT2D eigenvalue weighted by Gasteiger charge is 2.32. The summed E-state index contributed by atoms with van der Waals surface area (Å²) < 4.78 is 44.5. The number of imide groups is 1. The summed E-state index contributed by atoms with van der Waals surface area (Å²) in [6.45, 7) is 1.47. The molecule has 1 aliphatic heterocycles. The molecule has 1 aliphatic rings. The summed E-state index contributed by atoms with van der Waals surface area (Å²) in [5, 5.41) is 4.59.